The smallest absolute Gasteiger partial charge is 0.271 e. The SMILES string of the molecule is CC/C(=N/NC(=O)c1ccc([N+](=O)[O-])cc1)c1ccc(OC)cc1. The molecule has 7 heteroatoms. The highest BCUT2D eigenvalue weighted by Gasteiger charge is 2.09. The van der Waals surface area contributed by atoms with Gasteiger partial charge in [-0.25, -0.2) is 5.43 Å². The Morgan fingerprint density at radius 2 is 1.71 bits per heavy atom. The summed E-state index contributed by atoms with van der Waals surface area (Å²) in [7, 11) is 1.59. The first kappa shape index (κ1) is 17.1. The number of carbonyl (C=O) groups is 1. The van der Waals surface area contributed by atoms with Gasteiger partial charge in [-0.2, -0.15) is 5.10 Å². The third-order valence-electron chi connectivity index (χ3n) is 3.39. The molecule has 124 valence electrons. The number of nitro benzene ring substituents is 1. The summed E-state index contributed by atoms with van der Waals surface area (Å²) in [5, 5.41) is 14.8. The number of nitrogens with one attached hydrogen (secondary N) is 1. The van der Waals surface area contributed by atoms with Gasteiger partial charge in [0.1, 0.15) is 5.75 Å². The second-order valence-corrected chi connectivity index (χ2v) is 4.89. The van der Waals surface area contributed by atoms with Crippen LogP contribution in [-0.4, -0.2) is 23.7 Å². The number of hydrogen-bond acceptors (Lipinski definition) is 5. The molecule has 0 bridgehead atoms. The van der Waals surface area contributed by atoms with Gasteiger partial charge in [0.15, 0.2) is 0 Å². The quantitative estimate of drug-likeness (QED) is 0.501. The van der Waals surface area contributed by atoms with Gasteiger partial charge in [0.2, 0.25) is 0 Å². The van der Waals surface area contributed by atoms with Crippen molar-refractivity contribution in [1.82, 2.24) is 5.43 Å². The molecule has 0 spiro atoms. The molecule has 0 atom stereocenters. The van der Waals surface area contributed by atoms with Crippen LogP contribution >= 0.6 is 0 Å². The molecule has 1 amide bonds. The monoisotopic (exact) mass is 327 g/mol. The number of nitrogens with zero attached hydrogens (tertiary/aromatic N) is 2. The van der Waals surface area contributed by atoms with Gasteiger partial charge in [0.05, 0.1) is 17.7 Å². The zero-order chi connectivity index (χ0) is 17.5. The van der Waals surface area contributed by atoms with E-state index in [2.05, 4.69) is 10.5 Å². The van der Waals surface area contributed by atoms with Crippen molar-refractivity contribution in [2.24, 2.45) is 5.10 Å². The van der Waals surface area contributed by atoms with E-state index in [1.807, 2.05) is 31.2 Å². The summed E-state index contributed by atoms with van der Waals surface area (Å²) in [5.41, 5.74) is 4.30. The van der Waals surface area contributed by atoms with Crippen molar-refractivity contribution in [2.45, 2.75) is 13.3 Å². The first-order chi connectivity index (χ1) is 11.5. The lowest BCUT2D eigenvalue weighted by Gasteiger charge is -2.06. The van der Waals surface area contributed by atoms with E-state index in [1.54, 1.807) is 7.11 Å². The molecular weight excluding hydrogens is 310 g/mol. The number of benzene rings is 2. The highest BCUT2D eigenvalue weighted by atomic mass is 16.6. The number of carbonyl (C=O) groups excluding carboxylic acids is 1. The van der Waals surface area contributed by atoms with Crippen LogP contribution in [-0.2, 0) is 0 Å². The second kappa shape index (κ2) is 7.87. The number of rotatable bonds is 6. The first-order valence-corrected chi connectivity index (χ1v) is 7.31. The molecule has 0 aliphatic rings. The number of hydrazone groups is 1. The molecule has 0 saturated heterocycles. The maximum atomic E-state index is 12.1. The molecule has 0 saturated carbocycles. The number of hydrogen-bond donors (Lipinski definition) is 1. The van der Waals surface area contributed by atoms with Crippen LogP contribution < -0.4 is 10.2 Å². The van der Waals surface area contributed by atoms with Crippen LogP contribution in [0.4, 0.5) is 5.69 Å². The predicted octanol–water partition coefficient (Wildman–Crippen LogP) is 3.15. The molecule has 0 aromatic heterocycles. The molecule has 2 aromatic carbocycles. The summed E-state index contributed by atoms with van der Waals surface area (Å²) in [4.78, 5) is 22.2. The summed E-state index contributed by atoms with van der Waals surface area (Å²) in [6.07, 6.45) is 0.632. The number of methoxy groups -OCH3 is 1. The van der Waals surface area contributed by atoms with Crippen LogP contribution in [0.3, 0.4) is 0 Å². The fraction of sp³-hybridized carbons (Fsp3) is 0.176. The molecule has 0 aliphatic heterocycles. The van der Waals surface area contributed by atoms with Crippen molar-refractivity contribution in [3.8, 4) is 5.75 Å². The Bertz CT molecular complexity index is 752. The fourth-order valence-electron chi connectivity index (χ4n) is 2.05. The number of ether oxygens (including phenoxy) is 1. The first-order valence-electron chi connectivity index (χ1n) is 7.31. The Hall–Kier alpha value is -3.22. The number of non-ortho nitro benzene ring substituents is 1. The van der Waals surface area contributed by atoms with E-state index in [-0.39, 0.29) is 5.69 Å². The molecule has 0 aliphatic carbocycles. The third kappa shape index (κ3) is 4.16. The highest BCUT2D eigenvalue weighted by molar-refractivity contribution is 6.02. The molecular formula is C17H17N3O4. The Balaban J connectivity index is 2.10. The van der Waals surface area contributed by atoms with Gasteiger partial charge in [-0.15, -0.1) is 0 Å². The zero-order valence-corrected chi connectivity index (χ0v) is 13.4. The van der Waals surface area contributed by atoms with E-state index in [4.69, 9.17) is 4.74 Å². The number of amides is 1. The minimum Gasteiger partial charge on any atom is -0.497 e. The van der Waals surface area contributed by atoms with E-state index >= 15 is 0 Å². The lowest BCUT2D eigenvalue weighted by molar-refractivity contribution is -0.384. The van der Waals surface area contributed by atoms with Crippen molar-refractivity contribution >= 4 is 17.3 Å². The lowest BCUT2D eigenvalue weighted by Crippen LogP contribution is -2.20. The van der Waals surface area contributed by atoms with E-state index < -0.39 is 10.8 Å². The molecule has 7 nitrogen and oxygen atoms in total. The Kier molecular flexibility index (Phi) is 5.62. The van der Waals surface area contributed by atoms with E-state index in [0.717, 1.165) is 11.3 Å². The number of nitro groups is 1. The average Bonchev–Trinajstić information content (AvgIpc) is 2.62. The summed E-state index contributed by atoms with van der Waals surface area (Å²) in [6.45, 7) is 1.93. The molecule has 0 fully saturated rings. The molecule has 0 unspecified atom stereocenters. The molecule has 2 rings (SSSR count). The van der Waals surface area contributed by atoms with Crippen LogP contribution in [0, 0.1) is 10.1 Å². The van der Waals surface area contributed by atoms with Crippen molar-refractivity contribution in [3.63, 3.8) is 0 Å². The van der Waals surface area contributed by atoms with Crippen molar-refractivity contribution < 1.29 is 14.5 Å². The van der Waals surface area contributed by atoms with Gasteiger partial charge in [0.25, 0.3) is 11.6 Å². The van der Waals surface area contributed by atoms with E-state index in [0.29, 0.717) is 17.7 Å². The molecule has 24 heavy (non-hydrogen) atoms. The van der Waals surface area contributed by atoms with Crippen LogP contribution in [0.1, 0.15) is 29.3 Å². The van der Waals surface area contributed by atoms with Crippen LogP contribution in [0.2, 0.25) is 0 Å². The lowest BCUT2D eigenvalue weighted by atomic mass is 10.1. The van der Waals surface area contributed by atoms with Gasteiger partial charge in [0, 0.05) is 17.7 Å². The Morgan fingerprint density at radius 3 is 2.21 bits per heavy atom. The zero-order valence-electron chi connectivity index (χ0n) is 13.4. The van der Waals surface area contributed by atoms with Gasteiger partial charge in [-0.05, 0) is 48.4 Å². The second-order valence-electron chi connectivity index (χ2n) is 4.89. The van der Waals surface area contributed by atoms with Crippen molar-refractivity contribution in [2.75, 3.05) is 7.11 Å². The standard InChI is InChI=1S/C17H17N3O4/c1-3-16(12-6-10-15(24-2)11-7-12)18-19-17(21)13-4-8-14(9-5-13)20(22)23/h4-11H,3H2,1-2H3,(H,19,21)/b18-16-. The topological polar surface area (TPSA) is 93.8 Å². The van der Waals surface area contributed by atoms with E-state index in [1.165, 1.54) is 24.3 Å². The maximum Gasteiger partial charge on any atom is 0.271 e. The van der Waals surface area contributed by atoms with Gasteiger partial charge < -0.3 is 4.74 Å². The van der Waals surface area contributed by atoms with Gasteiger partial charge >= 0.3 is 0 Å². The van der Waals surface area contributed by atoms with Gasteiger partial charge in [-0.3, -0.25) is 14.9 Å². The van der Waals surface area contributed by atoms with Crippen LogP contribution in [0.5, 0.6) is 5.75 Å². The summed E-state index contributed by atoms with van der Waals surface area (Å²) >= 11 is 0. The largest absolute Gasteiger partial charge is 0.497 e. The minimum atomic E-state index is -0.515. The van der Waals surface area contributed by atoms with Crippen molar-refractivity contribution in [1.29, 1.82) is 0 Å². The average molecular weight is 327 g/mol. The maximum absolute atomic E-state index is 12.1. The van der Waals surface area contributed by atoms with E-state index in [9.17, 15) is 14.9 Å². The molecule has 2 aromatic rings. The van der Waals surface area contributed by atoms with Gasteiger partial charge in [-0.1, -0.05) is 6.92 Å². The molecule has 0 radical (unpaired) electrons. The fourth-order valence-corrected chi connectivity index (χ4v) is 2.05. The Morgan fingerprint density at radius 1 is 1.12 bits per heavy atom. The highest BCUT2D eigenvalue weighted by Crippen LogP contribution is 2.14. The predicted molar refractivity (Wildman–Crippen MR) is 90.4 cm³/mol. The molecule has 0 heterocycles. The molecule has 1 N–H and O–H groups in total. The van der Waals surface area contributed by atoms with Crippen LogP contribution in [0.25, 0.3) is 0 Å². The summed E-state index contributed by atoms with van der Waals surface area (Å²) in [6, 6.07) is 12.7. The minimum absolute atomic E-state index is 0.0671. The third-order valence-corrected chi connectivity index (χ3v) is 3.39. The van der Waals surface area contributed by atoms with Crippen LogP contribution in [0.15, 0.2) is 53.6 Å². The summed E-state index contributed by atoms with van der Waals surface area (Å²) in [5.74, 6) is 0.313. The summed E-state index contributed by atoms with van der Waals surface area (Å²) < 4.78 is 5.11. The van der Waals surface area contributed by atoms with Crippen molar-refractivity contribution in [3.05, 3.63) is 69.8 Å². The normalized spacial score (nSPS) is 11.0. The Labute approximate surface area is 139 Å².